The van der Waals surface area contributed by atoms with Gasteiger partial charge in [-0.25, -0.2) is 0 Å². The zero-order valence-corrected chi connectivity index (χ0v) is 18.6. The van der Waals surface area contributed by atoms with Gasteiger partial charge in [-0.2, -0.15) is 5.26 Å². The SMILES string of the molecule is CCOc1cc(C(=O)NNC(=O)[C@H](C)Oc2ccc(C#N)cc2)cc(OCC)c1OCC. The summed E-state index contributed by atoms with van der Waals surface area (Å²) in [6.45, 7) is 8.16. The minimum absolute atomic E-state index is 0.223. The Balaban J connectivity index is 2.07. The van der Waals surface area contributed by atoms with Crippen LogP contribution >= 0.6 is 0 Å². The Bertz CT molecular complexity index is 942. The molecule has 0 spiro atoms. The van der Waals surface area contributed by atoms with Crippen LogP contribution in [0.15, 0.2) is 36.4 Å². The monoisotopic (exact) mass is 441 g/mol. The molecule has 0 saturated carbocycles. The lowest BCUT2D eigenvalue weighted by Crippen LogP contribution is -2.47. The first-order chi connectivity index (χ1) is 15.4. The van der Waals surface area contributed by atoms with E-state index >= 15 is 0 Å². The number of rotatable bonds is 10. The van der Waals surface area contributed by atoms with Crippen molar-refractivity contribution in [1.82, 2.24) is 10.9 Å². The number of nitriles is 1. The molecule has 0 aliphatic heterocycles. The fraction of sp³-hybridized carbons (Fsp3) is 0.348. The van der Waals surface area contributed by atoms with Crippen LogP contribution in [0, 0.1) is 11.3 Å². The van der Waals surface area contributed by atoms with E-state index in [0.717, 1.165) is 0 Å². The lowest BCUT2D eigenvalue weighted by Gasteiger charge is -2.18. The minimum Gasteiger partial charge on any atom is -0.490 e. The summed E-state index contributed by atoms with van der Waals surface area (Å²) in [5.74, 6) is 0.467. The highest BCUT2D eigenvalue weighted by Gasteiger charge is 2.20. The summed E-state index contributed by atoms with van der Waals surface area (Å²) < 4.78 is 22.4. The second-order valence-corrected chi connectivity index (χ2v) is 6.44. The molecule has 0 aromatic heterocycles. The zero-order chi connectivity index (χ0) is 23.5. The van der Waals surface area contributed by atoms with Gasteiger partial charge in [0.1, 0.15) is 5.75 Å². The quantitative estimate of drug-likeness (QED) is 0.544. The van der Waals surface area contributed by atoms with Crippen molar-refractivity contribution in [2.75, 3.05) is 19.8 Å². The van der Waals surface area contributed by atoms with E-state index in [9.17, 15) is 9.59 Å². The molecule has 0 aliphatic carbocycles. The molecule has 0 saturated heterocycles. The largest absolute Gasteiger partial charge is 0.490 e. The molecule has 170 valence electrons. The zero-order valence-electron chi connectivity index (χ0n) is 18.6. The summed E-state index contributed by atoms with van der Waals surface area (Å²) in [6.07, 6.45) is -0.887. The third kappa shape index (κ3) is 6.54. The predicted molar refractivity (Wildman–Crippen MR) is 117 cm³/mol. The molecule has 0 radical (unpaired) electrons. The number of nitrogens with zero attached hydrogens (tertiary/aromatic N) is 1. The van der Waals surface area contributed by atoms with Crippen LogP contribution < -0.4 is 29.8 Å². The van der Waals surface area contributed by atoms with Gasteiger partial charge < -0.3 is 18.9 Å². The van der Waals surface area contributed by atoms with E-state index in [0.29, 0.717) is 48.4 Å². The lowest BCUT2D eigenvalue weighted by molar-refractivity contribution is -0.128. The first-order valence-corrected chi connectivity index (χ1v) is 10.3. The van der Waals surface area contributed by atoms with Crippen LogP contribution in [0.3, 0.4) is 0 Å². The Hall–Kier alpha value is -3.93. The van der Waals surface area contributed by atoms with Crippen LogP contribution in [0.1, 0.15) is 43.6 Å². The Morgan fingerprint density at radius 1 is 0.938 bits per heavy atom. The van der Waals surface area contributed by atoms with Crippen LogP contribution in [0.4, 0.5) is 0 Å². The van der Waals surface area contributed by atoms with Crippen molar-refractivity contribution in [3.63, 3.8) is 0 Å². The van der Waals surface area contributed by atoms with Crippen molar-refractivity contribution in [2.45, 2.75) is 33.8 Å². The molecule has 0 bridgehead atoms. The summed E-state index contributed by atoms with van der Waals surface area (Å²) >= 11 is 0. The van der Waals surface area contributed by atoms with E-state index in [1.54, 1.807) is 24.3 Å². The highest BCUT2D eigenvalue weighted by molar-refractivity contribution is 5.97. The number of hydrogen-bond acceptors (Lipinski definition) is 7. The van der Waals surface area contributed by atoms with Crippen LogP contribution in [0.25, 0.3) is 0 Å². The maximum absolute atomic E-state index is 12.6. The number of nitrogens with one attached hydrogen (secondary N) is 2. The summed E-state index contributed by atoms with van der Waals surface area (Å²) in [5, 5.41) is 8.83. The molecule has 2 amide bonds. The number of hydrogen-bond donors (Lipinski definition) is 2. The van der Waals surface area contributed by atoms with Crippen LogP contribution in [0.5, 0.6) is 23.0 Å². The maximum atomic E-state index is 12.6. The van der Waals surface area contributed by atoms with Gasteiger partial charge in [-0.05, 0) is 64.1 Å². The molecule has 0 unspecified atom stereocenters. The smallest absolute Gasteiger partial charge is 0.279 e. The highest BCUT2D eigenvalue weighted by atomic mass is 16.5. The lowest BCUT2D eigenvalue weighted by atomic mass is 10.1. The molecule has 0 fully saturated rings. The molecule has 9 heteroatoms. The van der Waals surface area contributed by atoms with Crippen molar-refractivity contribution >= 4 is 11.8 Å². The normalized spacial score (nSPS) is 11.0. The molecule has 0 aliphatic rings. The molecule has 2 aromatic rings. The third-order valence-electron chi connectivity index (χ3n) is 4.14. The molecular formula is C23H27N3O6. The first-order valence-electron chi connectivity index (χ1n) is 10.3. The van der Waals surface area contributed by atoms with Crippen molar-refractivity contribution in [3.05, 3.63) is 47.5 Å². The predicted octanol–water partition coefficient (Wildman–Crippen LogP) is 2.98. The van der Waals surface area contributed by atoms with Crippen molar-refractivity contribution in [1.29, 1.82) is 5.26 Å². The number of ether oxygens (including phenoxy) is 4. The molecule has 0 heterocycles. The van der Waals surface area contributed by atoms with Gasteiger partial charge in [0.25, 0.3) is 11.8 Å². The fourth-order valence-corrected chi connectivity index (χ4v) is 2.68. The molecule has 32 heavy (non-hydrogen) atoms. The molecule has 2 rings (SSSR count). The third-order valence-corrected chi connectivity index (χ3v) is 4.14. The molecule has 9 nitrogen and oxygen atoms in total. The average molecular weight is 441 g/mol. The number of amides is 2. The van der Waals surface area contributed by atoms with E-state index in [2.05, 4.69) is 10.9 Å². The van der Waals surface area contributed by atoms with E-state index in [1.807, 2.05) is 26.8 Å². The van der Waals surface area contributed by atoms with Crippen LogP contribution in [-0.4, -0.2) is 37.7 Å². The molecule has 2 N–H and O–H groups in total. The van der Waals surface area contributed by atoms with Gasteiger partial charge >= 0.3 is 0 Å². The van der Waals surface area contributed by atoms with Gasteiger partial charge in [-0.3, -0.25) is 20.4 Å². The van der Waals surface area contributed by atoms with Crippen molar-refractivity contribution in [2.24, 2.45) is 0 Å². The maximum Gasteiger partial charge on any atom is 0.279 e. The van der Waals surface area contributed by atoms with E-state index in [-0.39, 0.29) is 5.56 Å². The summed E-state index contributed by atoms with van der Waals surface area (Å²) in [6, 6.07) is 11.4. The van der Waals surface area contributed by atoms with Gasteiger partial charge in [0.2, 0.25) is 5.75 Å². The van der Waals surface area contributed by atoms with Crippen molar-refractivity contribution in [3.8, 4) is 29.1 Å². The summed E-state index contributed by atoms with van der Waals surface area (Å²) in [4.78, 5) is 24.9. The van der Waals surface area contributed by atoms with E-state index in [1.165, 1.54) is 19.1 Å². The van der Waals surface area contributed by atoms with E-state index in [4.69, 9.17) is 24.2 Å². The number of hydrazine groups is 1. The first kappa shape index (κ1) is 24.3. The highest BCUT2D eigenvalue weighted by Crippen LogP contribution is 2.39. The summed E-state index contributed by atoms with van der Waals surface area (Å²) in [7, 11) is 0. The fourth-order valence-electron chi connectivity index (χ4n) is 2.68. The Labute approximate surface area is 187 Å². The standard InChI is InChI=1S/C23H27N3O6/c1-5-29-19-12-17(13-20(30-6-2)21(19)31-7-3)23(28)26-25-22(27)15(4)32-18-10-8-16(14-24)9-11-18/h8-13,15H,5-7H2,1-4H3,(H,25,27)(H,26,28)/t15-/m0/s1. The Morgan fingerprint density at radius 3 is 2.00 bits per heavy atom. The number of benzene rings is 2. The molecular weight excluding hydrogens is 414 g/mol. The topological polar surface area (TPSA) is 119 Å². The van der Waals surface area contributed by atoms with Gasteiger partial charge in [-0.1, -0.05) is 0 Å². The number of carbonyl (C=O) groups is 2. The van der Waals surface area contributed by atoms with E-state index < -0.39 is 17.9 Å². The molecule has 1 atom stereocenters. The van der Waals surface area contributed by atoms with Gasteiger partial charge in [-0.15, -0.1) is 0 Å². The second-order valence-electron chi connectivity index (χ2n) is 6.44. The van der Waals surface area contributed by atoms with Crippen molar-refractivity contribution < 1.29 is 28.5 Å². The minimum atomic E-state index is -0.887. The Morgan fingerprint density at radius 2 is 1.50 bits per heavy atom. The second kappa shape index (κ2) is 12.1. The number of carbonyl (C=O) groups excluding carboxylic acids is 2. The van der Waals surface area contributed by atoms with Gasteiger partial charge in [0.05, 0.1) is 31.5 Å². The summed E-state index contributed by atoms with van der Waals surface area (Å²) in [5.41, 5.74) is 5.40. The Kier molecular flexibility index (Phi) is 9.17. The van der Waals surface area contributed by atoms with Gasteiger partial charge in [0, 0.05) is 5.56 Å². The van der Waals surface area contributed by atoms with Gasteiger partial charge in [0.15, 0.2) is 17.6 Å². The van der Waals surface area contributed by atoms with Crippen LogP contribution in [-0.2, 0) is 4.79 Å². The van der Waals surface area contributed by atoms with Crippen LogP contribution in [0.2, 0.25) is 0 Å². The average Bonchev–Trinajstić information content (AvgIpc) is 2.79. The molecule has 2 aromatic carbocycles.